The third-order valence-electron chi connectivity index (χ3n) is 7.09. The van der Waals surface area contributed by atoms with Crippen molar-refractivity contribution in [2.24, 2.45) is 11.3 Å². The monoisotopic (exact) mass is 340 g/mol. The smallest absolute Gasteiger partial charge is 0.123 e. The molecule has 0 nitrogen and oxygen atoms in total. The first kappa shape index (κ1) is 18.4. The van der Waals surface area contributed by atoms with Gasteiger partial charge in [-0.25, -0.2) is 4.39 Å². The van der Waals surface area contributed by atoms with E-state index in [-0.39, 0.29) is 5.82 Å². The molecule has 1 aromatic rings. The molecule has 0 aromatic heterocycles. The lowest BCUT2D eigenvalue weighted by atomic mass is 9.64. The van der Waals surface area contributed by atoms with Gasteiger partial charge in [-0.15, -0.1) is 6.58 Å². The first-order valence-corrected chi connectivity index (χ1v) is 10.1. The molecule has 1 heteroatoms. The van der Waals surface area contributed by atoms with Crippen molar-refractivity contribution in [3.63, 3.8) is 0 Å². The molecule has 2 saturated carbocycles. The van der Waals surface area contributed by atoms with Crippen molar-refractivity contribution in [2.45, 2.75) is 77.6 Å². The molecule has 0 N–H and O–H groups in total. The highest BCUT2D eigenvalue weighted by Gasteiger charge is 2.44. The first-order chi connectivity index (χ1) is 12.0. The number of halogens is 1. The molecule has 2 aliphatic rings. The summed E-state index contributed by atoms with van der Waals surface area (Å²) in [6, 6.07) is 7.27. The van der Waals surface area contributed by atoms with E-state index in [9.17, 15) is 4.39 Å². The largest absolute Gasteiger partial charge is 0.207 e. The van der Waals surface area contributed by atoms with Crippen molar-refractivity contribution >= 4 is 0 Å². The van der Waals surface area contributed by atoms with Crippen LogP contribution in [0.1, 0.15) is 83.1 Å². The van der Waals surface area contributed by atoms with E-state index < -0.39 is 0 Å². The molecule has 0 spiro atoms. The van der Waals surface area contributed by atoms with Crippen LogP contribution in [0, 0.1) is 17.2 Å². The van der Waals surface area contributed by atoms with Gasteiger partial charge in [0, 0.05) is 0 Å². The Morgan fingerprint density at radius 2 is 2.00 bits per heavy atom. The first-order valence-electron chi connectivity index (χ1n) is 10.1. The summed E-state index contributed by atoms with van der Waals surface area (Å²) in [5.74, 6) is 1.08. The fourth-order valence-electron chi connectivity index (χ4n) is 5.19. The van der Waals surface area contributed by atoms with Crippen LogP contribution in [-0.4, -0.2) is 0 Å². The number of allylic oxidation sites excluding steroid dienone is 3. The molecule has 0 amide bonds. The summed E-state index contributed by atoms with van der Waals surface area (Å²) in [6.07, 6.45) is 13.5. The highest BCUT2D eigenvalue weighted by molar-refractivity contribution is 5.25. The van der Waals surface area contributed by atoms with Crippen molar-refractivity contribution in [3.05, 3.63) is 59.4 Å². The summed E-state index contributed by atoms with van der Waals surface area (Å²) in [7, 11) is 0. The van der Waals surface area contributed by atoms with Gasteiger partial charge >= 0.3 is 0 Å². The Morgan fingerprint density at radius 1 is 1.28 bits per heavy atom. The fourth-order valence-corrected chi connectivity index (χ4v) is 5.19. The van der Waals surface area contributed by atoms with E-state index in [1.807, 2.05) is 12.1 Å². The topological polar surface area (TPSA) is 0 Å². The van der Waals surface area contributed by atoms with Crippen LogP contribution in [0.3, 0.4) is 0 Å². The van der Waals surface area contributed by atoms with Crippen molar-refractivity contribution in [1.82, 2.24) is 0 Å². The van der Waals surface area contributed by atoms with Crippen molar-refractivity contribution in [1.29, 1.82) is 0 Å². The van der Waals surface area contributed by atoms with E-state index >= 15 is 0 Å². The Kier molecular flexibility index (Phi) is 5.81. The van der Waals surface area contributed by atoms with Crippen LogP contribution in [0.2, 0.25) is 0 Å². The average molecular weight is 341 g/mol. The van der Waals surface area contributed by atoms with Gasteiger partial charge in [0.2, 0.25) is 0 Å². The summed E-state index contributed by atoms with van der Waals surface area (Å²) in [4.78, 5) is 0. The average Bonchev–Trinajstić information content (AvgIpc) is 2.93. The van der Waals surface area contributed by atoms with Crippen LogP contribution >= 0.6 is 0 Å². The minimum Gasteiger partial charge on any atom is -0.207 e. The van der Waals surface area contributed by atoms with E-state index in [1.54, 1.807) is 23.3 Å². The Hall–Kier alpha value is -1.37. The molecule has 2 aliphatic carbocycles. The number of benzene rings is 1. The van der Waals surface area contributed by atoms with E-state index in [0.717, 1.165) is 6.42 Å². The number of hydrogen-bond acceptors (Lipinski definition) is 0. The van der Waals surface area contributed by atoms with Gasteiger partial charge in [0.1, 0.15) is 5.82 Å². The van der Waals surface area contributed by atoms with Crippen LogP contribution in [0.25, 0.3) is 0 Å². The Labute approximate surface area is 153 Å². The maximum absolute atomic E-state index is 13.4. The van der Waals surface area contributed by atoms with E-state index in [1.165, 1.54) is 56.9 Å². The maximum Gasteiger partial charge on any atom is 0.123 e. The molecule has 3 rings (SSSR count). The van der Waals surface area contributed by atoms with Crippen LogP contribution in [-0.2, 0) is 0 Å². The molecule has 1 aromatic carbocycles. The minimum absolute atomic E-state index is 0.131. The third kappa shape index (κ3) is 3.91. The van der Waals surface area contributed by atoms with Crippen molar-refractivity contribution in [2.75, 3.05) is 0 Å². The second-order valence-corrected chi connectivity index (χ2v) is 8.50. The summed E-state index contributed by atoms with van der Waals surface area (Å²) in [6.45, 7) is 8.86. The van der Waals surface area contributed by atoms with Crippen molar-refractivity contribution in [3.8, 4) is 0 Å². The lowest BCUT2D eigenvalue weighted by Crippen LogP contribution is -2.30. The highest BCUT2D eigenvalue weighted by atomic mass is 19.1. The van der Waals surface area contributed by atoms with Gasteiger partial charge in [0.05, 0.1) is 0 Å². The molecule has 2 fully saturated rings. The standard InChI is InChI=1S/C24H33F/c1-4-7-21(14-11-18(2)19-8-5-9-19)24(3)17-6-10-23(24)20-12-15-22(25)16-13-20/h4,12-13,15-16,21,23H,1,5-11,14,17H2,2-3H3/t21-,23+,24+/m1/s1. The minimum atomic E-state index is -0.131. The molecule has 25 heavy (non-hydrogen) atoms. The van der Waals surface area contributed by atoms with Crippen LogP contribution in [0.5, 0.6) is 0 Å². The van der Waals surface area contributed by atoms with Gasteiger partial charge < -0.3 is 0 Å². The molecule has 0 radical (unpaired) electrons. The summed E-state index contributed by atoms with van der Waals surface area (Å²) in [5, 5.41) is 0. The van der Waals surface area contributed by atoms with E-state index in [0.29, 0.717) is 17.3 Å². The summed E-state index contributed by atoms with van der Waals surface area (Å²) < 4.78 is 13.4. The number of rotatable bonds is 7. The highest BCUT2D eigenvalue weighted by Crippen LogP contribution is 2.56. The van der Waals surface area contributed by atoms with Gasteiger partial charge in [-0.2, -0.15) is 0 Å². The van der Waals surface area contributed by atoms with Gasteiger partial charge in [-0.3, -0.25) is 0 Å². The summed E-state index contributed by atoms with van der Waals surface area (Å²) in [5.41, 5.74) is 4.98. The maximum atomic E-state index is 13.4. The van der Waals surface area contributed by atoms with Crippen LogP contribution < -0.4 is 0 Å². The molecule has 0 saturated heterocycles. The quantitative estimate of drug-likeness (QED) is 0.449. The zero-order valence-corrected chi connectivity index (χ0v) is 16.0. The number of hydrogen-bond donors (Lipinski definition) is 0. The molecule has 0 unspecified atom stereocenters. The van der Waals surface area contributed by atoms with Gasteiger partial charge in [-0.1, -0.05) is 42.7 Å². The zero-order chi connectivity index (χ0) is 17.9. The van der Waals surface area contributed by atoms with E-state index in [4.69, 9.17) is 0 Å². The molecule has 0 bridgehead atoms. The van der Waals surface area contributed by atoms with Gasteiger partial charge in [-0.05, 0) is 93.2 Å². The van der Waals surface area contributed by atoms with Crippen molar-refractivity contribution < 1.29 is 4.39 Å². The Balaban J connectivity index is 1.77. The molecular weight excluding hydrogens is 307 g/mol. The van der Waals surface area contributed by atoms with Crippen LogP contribution in [0.15, 0.2) is 48.1 Å². The molecular formula is C24H33F. The predicted molar refractivity (Wildman–Crippen MR) is 105 cm³/mol. The second kappa shape index (κ2) is 7.89. The fraction of sp³-hybridized carbons (Fsp3) is 0.583. The summed E-state index contributed by atoms with van der Waals surface area (Å²) >= 11 is 0. The molecule has 0 heterocycles. The third-order valence-corrected chi connectivity index (χ3v) is 7.09. The second-order valence-electron chi connectivity index (χ2n) is 8.50. The van der Waals surface area contributed by atoms with E-state index in [2.05, 4.69) is 26.5 Å². The van der Waals surface area contributed by atoms with Gasteiger partial charge in [0.25, 0.3) is 0 Å². The Bertz CT molecular complexity index is 618. The SMILES string of the molecule is C=CC[C@H](CCC(C)=C1CCC1)[C@]1(C)CCC[C@H]1c1ccc(F)cc1. The lowest BCUT2D eigenvalue weighted by molar-refractivity contribution is 0.156. The molecule has 136 valence electrons. The lowest BCUT2D eigenvalue weighted by Gasteiger charge is -2.40. The zero-order valence-electron chi connectivity index (χ0n) is 16.0. The molecule has 0 aliphatic heterocycles. The Morgan fingerprint density at radius 3 is 2.60 bits per heavy atom. The van der Waals surface area contributed by atoms with Crippen LogP contribution in [0.4, 0.5) is 4.39 Å². The van der Waals surface area contributed by atoms with Gasteiger partial charge in [0.15, 0.2) is 0 Å². The normalized spacial score (nSPS) is 27.0. The predicted octanol–water partition coefficient (Wildman–Crippen LogP) is 7.57. The molecule has 3 atom stereocenters.